The van der Waals surface area contributed by atoms with Gasteiger partial charge < -0.3 is 15.7 Å². The minimum absolute atomic E-state index is 0.278. The Bertz CT molecular complexity index is 113. The molecule has 0 unspecified atom stereocenters. The number of aliphatic carboxylic acids is 1. The third-order valence-corrected chi connectivity index (χ3v) is 0.669. The summed E-state index contributed by atoms with van der Waals surface area (Å²) in [4.78, 5) is 11.3. The van der Waals surface area contributed by atoms with Crippen LogP contribution < -0.4 is 5.73 Å². The first-order valence-electron chi connectivity index (χ1n) is 3.22. The molecule has 0 rings (SSSR count). The number of hydrogen-bond donors (Lipinski definition) is 2. The first kappa shape index (κ1) is 12.8. The predicted octanol–water partition coefficient (Wildman–Crippen LogP) is -0.236. The average Bonchev–Trinajstić information content (AvgIpc) is 1.89. The SMILES string of the molecule is C=CCN(C)C.NCC(=O)O. The highest BCUT2D eigenvalue weighted by Gasteiger charge is 1.81. The van der Waals surface area contributed by atoms with E-state index in [1.807, 2.05) is 20.2 Å². The molecule has 0 bridgehead atoms. The fraction of sp³-hybridized carbons (Fsp3) is 0.571. The maximum absolute atomic E-state index is 9.24. The number of hydrogen-bond acceptors (Lipinski definition) is 3. The first-order valence-corrected chi connectivity index (χ1v) is 3.22. The molecule has 0 radical (unpaired) electrons. The van der Waals surface area contributed by atoms with Crippen LogP contribution in [-0.4, -0.2) is 43.2 Å². The second kappa shape index (κ2) is 9.13. The molecule has 0 aromatic carbocycles. The highest BCUT2D eigenvalue weighted by molar-refractivity contribution is 5.68. The smallest absolute Gasteiger partial charge is 0.317 e. The lowest BCUT2D eigenvalue weighted by Gasteiger charge is -2.01. The molecule has 0 aromatic heterocycles. The summed E-state index contributed by atoms with van der Waals surface area (Å²) in [6.07, 6.45) is 1.88. The van der Waals surface area contributed by atoms with Gasteiger partial charge in [-0.1, -0.05) is 6.08 Å². The van der Waals surface area contributed by atoms with Gasteiger partial charge in [0.1, 0.15) is 0 Å². The summed E-state index contributed by atoms with van der Waals surface area (Å²) in [6, 6.07) is 0. The van der Waals surface area contributed by atoms with E-state index < -0.39 is 5.97 Å². The summed E-state index contributed by atoms with van der Waals surface area (Å²) < 4.78 is 0. The number of carboxylic acids is 1. The molecule has 0 aliphatic carbocycles. The van der Waals surface area contributed by atoms with E-state index in [1.54, 1.807) is 0 Å². The van der Waals surface area contributed by atoms with Crippen LogP contribution >= 0.6 is 0 Å². The fourth-order valence-electron chi connectivity index (χ4n) is 0.258. The Morgan fingerprint density at radius 3 is 2.09 bits per heavy atom. The van der Waals surface area contributed by atoms with Crippen molar-refractivity contribution in [1.29, 1.82) is 0 Å². The number of nitrogens with two attached hydrogens (primary N) is 1. The number of carboxylic acid groups (broad SMARTS) is 1. The lowest BCUT2D eigenvalue weighted by atomic mass is 10.6. The summed E-state index contributed by atoms with van der Waals surface area (Å²) in [5, 5.41) is 7.60. The van der Waals surface area contributed by atoms with E-state index in [0.29, 0.717) is 0 Å². The molecule has 4 nitrogen and oxygen atoms in total. The lowest BCUT2D eigenvalue weighted by Crippen LogP contribution is -2.10. The molecule has 0 saturated carbocycles. The summed E-state index contributed by atoms with van der Waals surface area (Å²) >= 11 is 0. The van der Waals surface area contributed by atoms with Gasteiger partial charge in [-0.25, -0.2) is 0 Å². The molecule has 66 valence electrons. The molecule has 0 spiro atoms. The second-order valence-electron chi connectivity index (χ2n) is 2.15. The highest BCUT2D eigenvalue weighted by Crippen LogP contribution is 1.69. The Hall–Kier alpha value is -0.870. The summed E-state index contributed by atoms with van der Waals surface area (Å²) in [7, 11) is 4.03. The van der Waals surface area contributed by atoms with Crippen molar-refractivity contribution in [3.05, 3.63) is 12.7 Å². The van der Waals surface area contributed by atoms with Gasteiger partial charge in [-0.2, -0.15) is 0 Å². The molecule has 0 saturated heterocycles. The van der Waals surface area contributed by atoms with Crippen LogP contribution in [0.25, 0.3) is 0 Å². The van der Waals surface area contributed by atoms with Crippen molar-refractivity contribution in [3.63, 3.8) is 0 Å². The molecule has 0 aromatic rings. The van der Waals surface area contributed by atoms with Gasteiger partial charge in [0, 0.05) is 6.54 Å². The van der Waals surface area contributed by atoms with Crippen LogP contribution in [0.4, 0.5) is 0 Å². The lowest BCUT2D eigenvalue weighted by molar-refractivity contribution is -0.135. The Balaban J connectivity index is 0. The Morgan fingerprint density at radius 1 is 1.73 bits per heavy atom. The average molecular weight is 160 g/mol. The number of likely N-dealkylation sites (N-methyl/N-ethyl adjacent to an activating group) is 1. The Labute approximate surface area is 67.3 Å². The predicted molar refractivity (Wildman–Crippen MR) is 45.4 cm³/mol. The third kappa shape index (κ3) is 27.2. The van der Waals surface area contributed by atoms with Crippen LogP contribution in [0.2, 0.25) is 0 Å². The molecule has 0 heterocycles. The number of nitrogens with zero attached hydrogens (tertiary/aromatic N) is 1. The van der Waals surface area contributed by atoms with Gasteiger partial charge in [-0.15, -0.1) is 6.58 Å². The molecule has 3 N–H and O–H groups in total. The van der Waals surface area contributed by atoms with Crippen molar-refractivity contribution in [3.8, 4) is 0 Å². The van der Waals surface area contributed by atoms with Crippen molar-refractivity contribution in [2.75, 3.05) is 27.2 Å². The van der Waals surface area contributed by atoms with E-state index in [0.717, 1.165) is 6.54 Å². The van der Waals surface area contributed by atoms with Crippen LogP contribution in [0.3, 0.4) is 0 Å². The van der Waals surface area contributed by atoms with Gasteiger partial charge in [0.05, 0.1) is 6.54 Å². The molecule has 4 heteroatoms. The molecule has 11 heavy (non-hydrogen) atoms. The largest absolute Gasteiger partial charge is 0.480 e. The molecule has 0 aliphatic rings. The Morgan fingerprint density at radius 2 is 2.09 bits per heavy atom. The van der Waals surface area contributed by atoms with Crippen molar-refractivity contribution in [1.82, 2.24) is 4.90 Å². The summed E-state index contributed by atoms with van der Waals surface area (Å²) in [5.41, 5.74) is 4.57. The van der Waals surface area contributed by atoms with Crippen LogP contribution in [0, 0.1) is 0 Å². The van der Waals surface area contributed by atoms with Gasteiger partial charge >= 0.3 is 5.97 Å². The summed E-state index contributed by atoms with van der Waals surface area (Å²) in [5.74, 6) is -0.968. The quantitative estimate of drug-likeness (QED) is 0.559. The zero-order valence-corrected chi connectivity index (χ0v) is 7.08. The topological polar surface area (TPSA) is 66.6 Å². The van der Waals surface area contributed by atoms with Crippen molar-refractivity contribution in [2.45, 2.75) is 0 Å². The number of carbonyl (C=O) groups is 1. The maximum atomic E-state index is 9.24. The second-order valence-corrected chi connectivity index (χ2v) is 2.15. The zero-order chi connectivity index (χ0) is 9.28. The van der Waals surface area contributed by atoms with Crippen molar-refractivity contribution >= 4 is 5.97 Å². The minimum Gasteiger partial charge on any atom is -0.480 e. The molecular weight excluding hydrogens is 144 g/mol. The monoisotopic (exact) mass is 160 g/mol. The first-order chi connectivity index (χ1) is 5.04. The molecule has 0 amide bonds. The molecule has 0 atom stereocenters. The molecule has 0 aliphatic heterocycles. The van der Waals surface area contributed by atoms with E-state index in [1.165, 1.54) is 0 Å². The molecular formula is C7H16N2O2. The number of rotatable bonds is 3. The maximum Gasteiger partial charge on any atom is 0.317 e. The van der Waals surface area contributed by atoms with Crippen molar-refractivity contribution in [2.24, 2.45) is 5.73 Å². The van der Waals surface area contributed by atoms with Gasteiger partial charge in [0.25, 0.3) is 0 Å². The highest BCUT2D eigenvalue weighted by atomic mass is 16.4. The van der Waals surface area contributed by atoms with E-state index >= 15 is 0 Å². The van der Waals surface area contributed by atoms with Crippen molar-refractivity contribution < 1.29 is 9.90 Å². The Kier molecular flexibility index (Phi) is 10.6. The van der Waals surface area contributed by atoms with Gasteiger partial charge in [0.2, 0.25) is 0 Å². The van der Waals surface area contributed by atoms with Crippen LogP contribution in [0.1, 0.15) is 0 Å². The fourth-order valence-corrected chi connectivity index (χ4v) is 0.258. The van der Waals surface area contributed by atoms with E-state index in [4.69, 9.17) is 5.11 Å². The van der Waals surface area contributed by atoms with Gasteiger partial charge in [-0.3, -0.25) is 4.79 Å². The zero-order valence-electron chi connectivity index (χ0n) is 7.08. The van der Waals surface area contributed by atoms with E-state index in [-0.39, 0.29) is 6.54 Å². The molecule has 0 fully saturated rings. The van der Waals surface area contributed by atoms with Gasteiger partial charge in [-0.05, 0) is 14.1 Å². The van der Waals surface area contributed by atoms with Crippen LogP contribution in [-0.2, 0) is 4.79 Å². The van der Waals surface area contributed by atoms with Crippen LogP contribution in [0.15, 0.2) is 12.7 Å². The van der Waals surface area contributed by atoms with E-state index in [2.05, 4.69) is 17.2 Å². The summed E-state index contributed by atoms with van der Waals surface area (Å²) in [6.45, 7) is 4.25. The minimum atomic E-state index is -0.968. The van der Waals surface area contributed by atoms with Crippen LogP contribution in [0.5, 0.6) is 0 Å². The third-order valence-electron chi connectivity index (χ3n) is 0.669. The normalized spacial score (nSPS) is 8.36. The van der Waals surface area contributed by atoms with Gasteiger partial charge in [0.15, 0.2) is 0 Å². The van der Waals surface area contributed by atoms with E-state index in [9.17, 15) is 4.79 Å². The standard InChI is InChI=1S/C5H11N.C2H5NO2/c1-4-5-6(2)3;3-1-2(4)5/h4H,1,5H2,2-3H3;1,3H2,(H,4,5).